The Hall–Kier alpha value is -3.32. The van der Waals surface area contributed by atoms with Gasteiger partial charge in [0, 0.05) is 0 Å². The molecule has 7 heteroatoms. The molecule has 0 fully saturated rings. The van der Waals surface area contributed by atoms with E-state index in [1.807, 2.05) is 50.2 Å². The van der Waals surface area contributed by atoms with E-state index in [1.165, 1.54) is 4.31 Å². The summed E-state index contributed by atoms with van der Waals surface area (Å²) in [4.78, 5) is 13.4. The van der Waals surface area contributed by atoms with Crippen LogP contribution in [0.4, 0.5) is 5.69 Å². The number of nitrogens with zero attached hydrogens (tertiary/aromatic N) is 1. The Labute approximate surface area is 209 Å². The molecule has 0 aliphatic carbocycles. The maximum Gasteiger partial charge on any atom is 0.264 e. The maximum atomic E-state index is 13.6. The van der Waals surface area contributed by atoms with E-state index in [2.05, 4.69) is 19.2 Å². The van der Waals surface area contributed by atoms with Crippen molar-refractivity contribution in [1.29, 1.82) is 0 Å². The molecule has 3 aromatic carbocycles. The third-order valence-electron chi connectivity index (χ3n) is 5.78. The molecule has 0 bridgehead atoms. The number of carbonyl (C=O) groups is 1. The van der Waals surface area contributed by atoms with Crippen molar-refractivity contribution in [2.75, 3.05) is 18.0 Å². The second-order valence-corrected chi connectivity index (χ2v) is 11.0. The smallest absolute Gasteiger partial charge is 0.264 e. The second-order valence-electron chi connectivity index (χ2n) is 9.18. The second kappa shape index (κ2) is 11.4. The van der Waals surface area contributed by atoms with Gasteiger partial charge < -0.3 is 10.1 Å². The number of rotatable bonds is 10. The first-order valence-electron chi connectivity index (χ1n) is 11.7. The van der Waals surface area contributed by atoms with E-state index < -0.39 is 10.0 Å². The molecule has 35 heavy (non-hydrogen) atoms. The molecule has 0 radical (unpaired) electrons. The third-order valence-corrected chi connectivity index (χ3v) is 7.57. The molecule has 6 nitrogen and oxygen atoms in total. The van der Waals surface area contributed by atoms with Crippen LogP contribution in [0, 0.1) is 19.8 Å². The normalized spacial score (nSPS) is 12.3. The molecule has 3 aromatic rings. The molecule has 0 spiro atoms. The van der Waals surface area contributed by atoms with Crippen molar-refractivity contribution in [3.8, 4) is 5.75 Å². The number of anilines is 1. The molecule has 0 aliphatic rings. The van der Waals surface area contributed by atoms with E-state index >= 15 is 0 Å². The fourth-order valence-electron chi connectivity index (χ4n) is 3.82. The number of hydrogen-bond acceptors (Lipinski definition) is 4. The fourth-order valence-corrected chi connectivity index (χ4v) is 5.24. The standard InChI is InChI=1S/C28H34N2O4S/c1-20(2)18-27(23-10-14-25(34-5)15-11-23)29-28(31)19-30(24-12-6-21(3)7-13-24)35(32,33)26-16-8-22(4)9-17-26/h6-17,20,27H,18-19H2,1-5H3,(H,29,31). The highest BCUT2D eigenvalue weighted by atomic mass is 32.2. The van der Waals surface area contributed by atoms with E-state index in [0.29, 0.717) is 18.0 Å². The molecular weight excluding hydrogens is 460 g/mol. The largest absolute Gasteiger partial charge is 0.497 e. The van der Waals surface area contributed by atoms with Crippen molar-refractivity contribution in [2.45, 2.75) is 45.1 Å². The number of amides is 1. The number of benzene rings is 3. The summed E-state index contributed by atoms with van der Waals surface area (Å²) in [5.74, 6) is 0.688. The zero-order valence-electron chi connectivity index (χ0n) is 21.0. The fraction of sp³-hybridized carbons (Fsp3) is 0.321. The predicted molar refractivity (Wildman–Crippen MR) is 140 cm³/mol. The maximum absolute atomic E-state index is 13.6. The van der Waals surface area contributed by atoms with Gasteiger partial charge in [-0.1, -0.05) is 61.4 Å². The minimum absolute atomic E-state index is 0.144. The van der Waals surface area contributed by atoms with Crippen LogP contribution in [-0.2, 0) is 14.8 Å². The Morgan fingerprint density at radius 2 is 1.43 bits per heavy atom. The average molecular weight is 495 g/mol. The topological polar surface area (TPSA) is 75.7 Å². The van der Waals surface area contributed by atoms with Gasteiger partial charge in [-0.15, -0.1) is 0 Å². The monoisotopic (exact) mass is 494 g/mol. The first kappa shape index (κ1) is 26.3. The summed E-state index contributed by atoms with van der Waals surface area (Å²) in [5, 5.41) is 3.06. The Morgan fingerprint density at radius 1 is 0.886 bits per heavy atom. The Balaban J connectivity index is 1.91. The van der Waals surface area contributed by atoms with Crippen molar-refractivity contribution in [2.24, 2.45) is 5.92 Å². The molecule has 0 aliphatic heterocycles. The number of hydrogen-bond donors (Lipinski definition) is 1. The van der Waals surface area contributed by atoms with E-state index in [0.717, 1.165) is 22.4 Å². The quantitative estimate of drug-likeness (QED) is 0.409. The lowest BCUT2D eigenvalue weighted by molar-refractivity contribution is -0.120. The van der Waals surface area contributed by atoms with Crippen LogP contribution in [0.3, 0.4) is 0 Å². The highest BCUT2D eigenvalue weighted by Gasteiger charge is 2.28. The first-order valence-corrected chi connectivity index (χ1v) is 13.1. The molecule has 3 rings (SSSR count). The molecule has 0 aromatic heterocycles. The highest BCUT2D eigenvalue weighted by Crippen LogP contribution is 2.26. The van der Waals surface area contributed by atoms with Gasteiger partial charge in [0.15, 0.2) is 0 Å². The summed E-state index contributed by atoms with van der Waals surface area (Å²) in [7, 11) is -2.35. The Kier molecular flexibility index (Phi) is 8.57. The molecule has 1 atom stereocenters. The number of methoxy groups -OCH3 is 1. The van der Waals surface area contributed by atoms with Crippen molar-refractivity contribution < 1.29 is 17.9 Å². The number of ether oxygens (including phenoxy) is 1. The van der Waals surface area contributed by atoms with Crippen LogP contribution in [0.2, 0.25) is 0 Å². The highest BCUT2D eigenvalue weighted by molar-refractivity contribution is 7.92. The van der Waals surface area contributed by atoms with Gasteiger partial charge in [-0.3, -0.25) is 9.10 Å². The molecule has 1 N–H and O–H groups in total. The zero-order chi connectivity index (χ0) is 25.6. The summed E-state index contributed by atoms with van der Waals surface area (Å²) >= 11 is 0. The van der Waals surface area contributed by atoms with Crippen molar-refractivity contribution in [3.63, 3.8) is 0 Å². The third kappa shape index (κ3) is 6.85. The van der Waals surface area contributed by atoms with Crippen LogP contribution in [0.15, 0.2) is 77.7 Å². The van der Waals surface area contributed by atoms with Crippen molar-refractivity contribution in [1.82, 2.24) is 5.32 Å². The number of carbonyl (C=O) groups excluding carboxylic acids is 1. The minimum Gasteiger partial charge on any atom is -0.497 e. The van der Waals surface area contributed by atoms with Crippen LogP contribution in [-0.4, -0.2) is 28.0 Å². The van der Waals surface area contributed by atoms with E-state index in [9.17, 15) is 13.2 Å². The van der Waals surface area contributed by atoms with Gasteiger partial charge in [0.05, 0.1) is 23.7 Å². The Morgan fingerprint density at radius 3 is 1.94 bits per heavy atom. The van der Waals surface area contributed by atoms with Gasteiger partial charge in [0.2, 0.25) is 5.91 Å². The van der Waals surface area contributed by atoms with E-state index in [-0.39, 0.29) is 23.4 Å². The lowest BCUT2D eigenvalue weighted by atomic mass is 9.97. The molecule has 1 unspecified atom stereocenters. The molecule has 1 amide bonds. The van der Waals surface area contributed by atoms with Gasteiger partial charge in [-0.05, 0) is 68.1 Å². The van der Waals surface area contributed by atoms with Gasteiger partial charge in [-0.2, -0.15) is 0 Å². The van der Waals surface area contributed by atoms with Crippen molar-refractivity contribution in [3.05, 3.63) is 89.5 Å². The van der Waals surface area contributed by atoms with Crippen LogP contribution < -0.4 is 14.4 Å². The van der Waals surface area contributed by atoms with Gasteiger partial charge in [0.1, 0.15) is 12.3 Å². The van der Waals surface area contributed by atoms with E-state index in [1.54, 1.807) is 43.5 Å². The van der Waals surface area contributed by atoms with Crippen LogP contribution in [0.5, 0.6) is 5.75 Å². The summed E-state index contributed by atoms with van der Waals surface area (Å²) in [6.45, 7) is 7.67. The van der Waals surface area contributed by atoms with Crippen LogP contribution in [0.25, 0.3) is 0 Å². The predicted octanol–water partition coefficient (Wildman–Crippen LogP) is 5.41. The summed E-state index contributed by atoms with van der Waals surface area (Å²) in [6.07, 6.45) is 0.716. The molecular formula is C28H34N2O4S. The van der Waals surface area contributed by atoms with Crippen molar-refractivity contribution >= 4 is 21.6 Å². The van der Waals surface area contributed by atoms with Gasteiger partial charge in [-0.25, -0.2) is 8.42 Å². The number of sulfonamides is 1. The van der Waals surface area contributed by atoms with Crippen LogP contribution in [0.1, 0.15) is 43.0 Å². The number of aryl methyl sites for hydroxylation is 2. The molecule has 0 saturated heterocycles. The first-order chi connectivity index (χ1) is 16.6. The average Bonchev–Trinajstić information content (AvgIpc) is 2.83. The summed E-state index contributed by atoms with van der Waals surface area (Å²) in [5.41, 5.74) is 3.34. The molecule has 0 saturated carbocycles. The number of nitrogens with one attached hydrogen (secondary N) is 1. The minimum atomic E-state index is -3.96. The summed E-state index contributed by atoms with van der Waals surface area (Å²) in [6, 6.07) is 21.1. The van der Waals surface area contributed by atoms with Gasteiger partial charge in [0.25, 0.3) is 10.0 Å². The molecule has 186 valence electrons. The SMILES string of the molecule is COc1ccc(C(CC(C)C)NC(=O)CN(c2ccc(C)cc2)S(=O)(=O)c2ccc(C)cc2)cc1. The Bertz CT molecular complexity index is 1220. The molecule has 0 heterocycles. The lowest BCUT2D eigenvalue weighted by Gasteiger charge is -2.27. The van der Waals surface area contributed by atoms with E-state index in [4.69, 9.17) is 4.74 Å². The van der Waals surface area contributed by atoms with Gasteiger partial charge >= 0.3 is 0 Å². The zero-order valence-corrected chi connectivity index (χ0v) is 21.8. The lowest BCUT2D eigenvalue weighted by Crippen LogP contribution is -2.42. The summed E-state index contributed by atoms with van der Waals surface area (Å²) < 4.78 is 33.6. The van der Waals surface area contributed by atoms with Crippen LogP contribution >= 0.6 is 0 Å².